The fourth-order valence-corrected chi connectivity index (χ4v) is 2.53. The summed E-state index contributed by atoms with van der Waals surface area (Å²) in [6.07, 6.45) is 3.89. The Kier molecular flexibility index (Phi) is 6.52. The first-order valence-electron chi connectivity index (χ1n) is 5.25. The smallest absolute Gasteiger partial charge is 0.185 e. The Morgan fingerprint density at radius 2 is 2.44 bits per heavy atom. The minimum Gasteiger partial charge on any atom is -0.354 e. The van der Waals surface area contributed by atoms with Gasteiger partial charge in [0.25, 0.3) is 0 Å². The second-order valence-electron chi connectivity index (χ2n) is 3.54. The average Bonchev–Trinajstić information content (AvgIpc) is 2.72. The summed E-state index contributed by atoms with van der Waals surface area (Å²) < 4.78 is 0. The van der Waals surface area contributed by atoms with Gasteiger partial charge in [0, 0.05) is 49.8 Å². The van der Waals surface area contributed by atoms with E-state index in [9.17, 15) is 0 Å². The molecule has 1 aromatic heterocycles. The molecule has 0 aliphatic carbocycles. The molecule has 1 rings (SSSR count). The maximum Gasteiger partial charge on any atom is 0.185 e. The molecule has 16 heavy (non-hydrogen) atoms. The fourth-order valence-electron chi connectivity index (χ4n) is 1.11. The van der Waals surface area contributed by atoms with Crippen LogP contribution in [0, 0.1) is 0 Å². The van der Waals surface area contributed by atoms with E-state index in [0.717, 1.165) is 29.7 Å². The third-order valence-electron chi connectivity index (χ3n) is 1.88. The molecular weight excluding hydrogens is 238 g/mol. The Balaban J connectivity index is 2.14. The van der Waals surface area contributed by atoms with Crippen LogP contribution in [-0.2, 0) is 6.54 Å². The zero-order chi connectivity index (χ0) is 11.8. The third-order valence-corrected chi connectivity index (χ3v) is 4.01. The van der Waals surface area contributed by atoms with Gasteiger partial charge < -0.3 is 10.2 Å². The molecule has 0 unspecified atom stereocenters. The van der Waals surface area contributed by atoms with E-state index in [1.165, 1.54) is 4.88 Å². The molecule has 1 aromatic rings. The Morgan fingerprint density at radius 3 is 3.06 bits per heavy atom. The molecule has 0 saturated carbocycles. The molecule has 0 fully saturated rings. The summed E-state index contributed by atoms with van der Waals surface area (Å²) in [6.45, 7) is 5.65. The van der Waals surface area contributed by atoms with Crippen LogP contribution in [0.25, 0.3) is 0 Å². The minimum atomic E-state index is 0.917. The molecule has 5 heteroatoms. The zero-order valence-electron chi connectivity index (χ0n) is 9.90. The van der Waals surface area contributed by atoms with Crippen molar-refractivity contribution < 1.29 is 0 Å². The molecule has 0 aliphatic heterocycles. The Morgan fingerprint density at radius 1 is 1.62 bits per heavy atom. The monoisotopic (exact) mass is 257 g/mol. The van der Waals surface area contributed by atoms with Gasteiger partial charge in [-0.3, -0.25) is 0 Å². The molecule has 0 aromatic carbocycles. The number of rotatable bonds is 8. The molecule has 0 amide bonds. The molecule has 0 saturated heterocycles. The number of thioether (sulfide) groups is 1. The van der Waals surface area contributed by atoms with Gasteiger partial charge in [-0.05, 0) is 0 Å². The van der Waals surface area contributed by atoms with Crippen molar-refractivity contribution in [3.63, 3.8) is 0 Å². The molecule has 1 N–H and O–H groups in total. The number of anilines is 1. The number of hydrogen-bond acceptors (Lipinski definition) is 5. The van der Waals surface area contributed by atoms with E-state index < -0.39 is 0 Å². The maximum absolute atomic E-state index is 4.33. The van der Waals surface area contributed by atoms with Crippen molar-refractivity contribution in [2.24, 2.45) is 0 Å². The standard InChI is InChI=1S/C11H19N3S2/c1-4-6-15-7-5-12-8-10-9-13-11(16-10)14(2)3/h4,9,12H,1,5-8H2,2-3H3. The number of aromatic nitrogens is 1. The Bertz CT molecular complexity index is 310. The van der Waals surface area contributed by atoms with Crippen LogP contribution in [0.1, 0.15) is 4.88 Å². The topological polar surface area (TPSA) is 28.2 Å². The van der Waals surface area contributed by atoms with Gasteiger partial charge in [-0.1, -0.05) is 6.08 Å². The van der Waals surface area contributed by atoms with Crippen molar-refractivity contribution >= 4 is 28.2 Å². The Labute approximate surface area is 106 Å². The van der Waals surface area contributed by atoms with E-state index in [4.69, 9.17) is 0 Å². The van der Waals surface area contributed by atoms with Crippen LogP contribution in [0.2, 0.25) is 0 Å². The van der Waals surface area contributed by atoms with E-state index in [2.05, 4.69) is 16.9 Å². The normalized spacial score (nSPS) is 10.4. The first-order chi connectivity index (χ1) is 7.74. The van der Waals surface area contributed by atoms with Gasteiger partial charge in [-0.25, -0.2) is 4.98 Å². The average molecular weight is 257 g/mol. The molecule has 0 bridgehead atoms. The second-order valence-corrected chi connectivity index (χ2v) is 5.79. The predicted molar refractivity (Wildman–Crippen MR) is 75.7 cm³/mol. The predicted octanol–water partition coefficient (Wildman–Crippen LogP) is 2.22. The highest BCUT2D eigenvalue weighted by atomic mass is 32.2. The van der Waals surface area contributed by atoms with E-state index in [0.29, 0.717) is 0 Å². The molecule has 90 valence electrons. The number of thiazole rings is 1. The summed E-state index contributed by atoms with van der Waals surface area (Å²) in [7, 11) is 4.03. The first kappa shape index (κ1) is 13.5. The highest BCUT2D eigenvalue weighted by molar-refractivity contribution is 7.99. The lowest BCUT2D eigenvalue weighted by Crippen LogP contribution is -2.15. The summed E-state index contributed by atoms with van der Waals surface area (Å²) in [5.41, 5.74) is 0. The minimum absolute atomic E-state index is 0.917. The molecule has 0 aliphatic rings. The van der Waals surface area contributed by atoms with Crippen LogP contribution < -0.4 is 10.2 Å². The summed E-state index contributed by atoms with van der Waals surface area (Å²) in [5.74, 6) is 2.17. The van der Waals surface area contributed by atoms with E-state index in [1.54, 1.807) is 11.3 Å². The van der Waals surface area contributed by atoms with E-state index in [1.807, 2.05) is 43.0 Å². The van der Waals surface area contributed by atoms with Gasteiger partial charge in [0.15, 0.2) is 5.13 Å². The first-order valence-corrected chi connectivity index (χ1v) is 7.22. The molecule has 0 atom stereocenters. The van der Waals surface area contributed by atoms with Gasteiger partial charge in [-0.2, -0.15) is 11.8 Å². The summed E-state index contributed by atoms with van der Waals surface area (Å²) in [5, 5.41) is 4.48. The van der Waals surface area contributed by atoms with Crippen LogP contribution in [-0.4, -0.2) is 37.1 Å². The fraction of sp³-hybridized carbons (Fsp3) is 0.545. The second kappa shape index (κ2) is 7.70. The van der Waals surface area contributed by atoms with Gasteiger partial charge in [0.1, 0.15) is 0 Å². The quantitative estimate of drug-likeness (QED) is 0.571. The highest BCUT2D eigenvalue weighted by Crippen LogP contribution is 2.19. The van der Waals surface area contributed by atoms with Gasteiger partial charge in [0.2, 0.25) is 0 Å². The third kappa shape index (κ3) is 5.01. The maximum atomic E-state index is 4.33. The van der Waals surface area contributed by atoms with Crippen LogP contribution in [0.3, 0.4) is 0 Å². The van der Waals surface area contributed by atoms with Gasteiger partial charge in [0.05, 0.1) is 0 Å². The van der Waals surface area contributed by atoms with Crippen molar-refractivity contribution in [1.82, 2.24) is 10.3 Å². The van der Waals surface area contributed by atoms with Crippen LogP contribution in [0.5, 0.6) is 0 Å². The lowest BCUT2D eigenvalue weighted by Gasteiger charge is -2.05. The highest BCUT2D eigenvalue weighted by Gasteiger charge is 2.02. The van der Waals surface area contributed by atoms with Crippen LogP contribution >= 0.6 is 23.1 Å². The summed E-state index contributed by atoms with van der Waals surface area (Å²) in [4.78, 5) is 7.66. The van der Waals surface area contributed by atoms with Crippen LogP contribution in [0.15, 0.2) is 18.9 Å². The van der Waals surface area contributed by atoms with Crippen LogP contribution in [0.4, 0.5) is 5.13 Å². The van der Waals surface area contributed by atoms with Crippen molar-refractivity contribution in [2.75, 3.05) is 37.0 Å². The van der Waals surface area contributed by atoms with Crippen molar-refractivity contribution in [3.05, 3.63) is 23.7 Å². The summed E-state index contributed by atoms with van der Waals surface area (Å²) >= 11 is 3.64. The zero-order valence-corrected chi connectivity index (χ0v) is 11.5. The number of nitrogens with zero attached hydrogens (tertiary/aromatic N) is 2. The lowest BCUT2D eigenvalue weighted by atomic mass is 10.5. The summed E-state index contributed by atoms with van der Waals surface area (Å²) in [6, 6.07) is 0. The van der Waals surface area contributed by atoms with Gasteiger partial charge >= 0.3 is 0 Å². The molecule has 3 nitrogen and oxygen atoms in total. The van der Waals surface area contributed by atoms with Gasteiger partial charge in [-0.15, -0.1) is 17.9 Å². The van der Waals surface area contributed by atoms with E-state index in [-0.39, 0.29) is 0 Å². The van der Waals surface area contributed by atoms with Crippen molar-refractivity contribution in [2.45, 2.75) is 6.54 Å². The molecule has 0 radical (unpaired) electrons. The number of hydrogen-bond donors (Lipinski definition) is 1. The van der Waals surface area contributed by atoms with Crippen molar-refractivity contribution in [3.8, 4) is 0 Å². The molecule has 0 spiro atoms. The Hall–Kier alpha value is -0.520. The SMILES string of the molecule is C=CCSCCNCc1cnc(N(C)C)s1. The largest absolute Gasteiger partial charge is 0.354 e. The van der Waals surface area contributed by atoms with Crippen molar-refractivity contribution in [1.29, 1.82) is 0 Å². The molecule has 1 heterocycles. The number of nitrogens with one attached hydrogen (secondary N) is 1. The molecular formula is C11H19N3S2. The van der Waals surface area contributed by atoms with E-state index >= 15 is 0 Å². The lowest BCUT2D eigenvalue weighted by molar-refractivity contribution is 0.740.